The molecule has 0 saturated carbocycles. The number of pyridine rings is 1. The van der Waals surface area contributed by atoms with Crippen LogP contribution < -0.4 is 9.61 Å². The normalized spacial score (nSPS) is 10.7. The largest absolute Gasteiger partial charge is 0.494 e. The lowest BCUT2D eigenvalue weighted by Crippen LogP contribution is -2.04. The summed E-state index contributed by atoms with van der Waals surface area (Å²) in [7, 11) is 0. The molecule has 0 fully saturated rings. The molecule has 2 heterocycles. The van der Waals surface area contributed by atoms with Gasteiger partial charge in [0.05, 0.1) is 11.5 Å². The van der Waals surface area contributed by atoms with E-state index in [0.717, 1.165) is 34.8 Å². The van der Waals surface area contributed by atoms with Crippen molar-refractivity contribution in [1.29, 1.82) is 0 Å². The third-order valence-electron chi connectivity index (χ3n) is 3.71. The Labute approximate surface area is 143 Å². The van der Waals surface area contributed by atoms with Crippen LogP contribution in [0.3, 0.4) is 0 Å². The minimum absolute atomic E-state index is 0.0453. The number of nitrogens with zero attached hydrogens (tertiary/aromatic N) is 1. The van der Waals surface area contributed by atoms with E-state index in [1.54, 1.807) is 6.20 Å². The van der Waals surface area contributed by atoms with Crippen molar-refractivity contribution >= 4 is 11.3 Å². The Morgan fingerprint density at radius 1 is 1.25 bits per heavy atom. The quantitative estimate of drug-likeness (QED) is 0.722. The van der Waals surface area contributed by atoms with Crippen molar-refractivity contribution in [3.05, 3.63) is 74.0 Å². The van der Waals surface area contributed by atoms with Crippen LogP contribution in [0.5, 0.6) is 11.6 Å². The van der Waals surface area contributed by atoms with Crippen LogP contribution in [0.25, 0.3) is 0 Å². The van der Waals surface area contributed by atoms with Gasteiger partial charge < -0.3 is 9.84 Å². The van der Waals surface area contributed by atoms with Crippen molar-refractivity contribution < 1.29 is 9.84 Å². The highest BCUT2D eigenvalue weighted by Gasteiger charge is 2.07. The predicted octanol–water partition coefficient (Wildman–Crippen LogP) is 3.06. The number of ether oxygens (including phenoxy) is 1. The van der Waals surface area contributed by atoms with E-state index < -0.39 is 0 Å². The molecule has 6 heteroatoms. The number of rotatable bonds is 6. The molecule has 3 aromatic rings. The summed E-state index contributed by atoms with van der Waals surface area (Å²) in [6.07, 6.45) is 3.07. The molecule has 0 aliphatic rings. The summed E-state index contributed by atoms with van der Waals surface area (Å²) in [6, 6.07) is 11.6. The third-order valence-corrected chi connectivity index (χ3v) is 4.59. The standard InChI is InChI=1S/C18H18N2O3S/c1-12-3-2-9-19-15(12)8-10-23-14-6-4-13(5-7-14)11-16-17(21)20-18(22)24-16/h2-7,9,21H,8,10-11H2,1H3,(H,20,22). The van der Waals surface area contributed by atoms with Gasteiger partial charge in [-0.05, 0) is 36.2 Å². The lowest BCUT2D eigenvalue weighted by atomic mass is 10.1. The van der Waals surface area contributed by atoms with Gasteiger partial charge in [-0.3, -0.25) is 14.8 Å². The maximum absolute atomic E-state index is 11.2. The van der Waals surface area contributed by atoms with Gasteiger partial charge in [0.25, 0.3) is 0 Å². The average Bonchev–Trinajstić information content (AvgIpc) is 2.88. The summed E-state index contributed by atoms with van der Waals surface area (Å²) in [6.45, 7) is 2.61. The molecule has 0 spiro atoms. The zero-order valence-electron chi connectivity index (χ0n) is 13.3. The summed E-state index contributed by atoms with van der Waals surface area (Å²) in [5.74, 6) is 0.745. The first kappa shape index (κ1) is 16.3. The van der Waals surface area contributed by atoms with Crippen molar-refractivity contribution in [3.8, 4) is 11.6 Å². The van der Waals surface area contributed by atoms with E-state index in [4.69, 9.17) is 4.74 Å². The molecule has 2 N–H and O–H groups in total. The molecular weight excluding hydrogens is 324 g/mol. The number of aromatic nitrogens is 2. The van der Waals surface area contributed by atoms with Crippen molar-refractivity contribution in [1.82, 2.24) is 9.97 Å². The van der Waals surface area contributed by atoms with Crippen LogP contribution in [0.15, 0.2) is 47.4 Å². The maximum Gasteiger partial charge on any atom is 0.307 e. The van der Waals surface area contributed by atoms with E-state index in [0.29, 0.717) is 17.9 Å². The fraction of sp³-hybridized carbons (Fsp3) is 0.222. The number of thiazole rings is 1. The van der Waals surface area contributed by atoms with Crippen molar-refractivity contribution in [3.63, 3.8) is 0 Å². The van der Waals surface area contributed by atoms with E-state index in [9.17, 15) is 9.90 Å². The van der Waals surface area contributed by atoms with Gasteiger partial charge in [-0.1, -0.05) is 29.5 Å². The van der Waals surface area contributed by atoms with Gasteiger partial charge in [0.2, 0.25) is 5.88 Å². The highest BCUT2D eigenvalue weighted by Crippen LogP contribution is 2.21. The molecule has 124 valence electrons. The van der Waals surface area contributed by atoms with Crippen molar-refractivity contribution in [2.45, 2.75) is 19.8 Å². The molecule has 24 heavy (non-hydrogen) atoms. The van der Waals surface area contributed by atoms with Gasteiger partial charge in [-0.25, -0.2) is 0 Å². The van der Waals surface area contributed by atoms with E-state index >= 15 is 0 Å². The van der Waals surface area contributed by atoms with Crippen molar-refractivity contribution in [2.24, 2.45) is 0 Å². The minimum atomic E-state index is -0.243. The van der Waals surface area contributed by atoms with Gasteiger partial charge in [-0.15, -0.1) is 0 Å². The smallest absolute Gasteiger partial charge is 0.307 e. The number of H-pyrrole nitrogens is 1. The third kappa shape index (κ3) is 4.02. The summed E-state index contributed by atoms with van der Waals surface area (Å²) < 4.78 is 5.76. The number of aromatic amines is 1. The van der Waals surface area contributed by atoms with Gasteiger partial charge in [0, 0.05) is 24.7 Å². The molecular formula is C18H18N2O3S. The van der Waals surface area contributed by atoms with Crippen LogP contribution >= 0.6 is 11.3 Å². The average molecular weight is 342 g/mol. The number of benzene rings is 1. The van der Waals surface area contributed by atoms with Gasteiger partial charge in [0.15, 0.2) is 0 Å². The van der Waals surface area contributed by atoms with E-state index in [1.807, 2.05) is 43.3 Å². The van der Waals surface area contributed by atoms with Gasteiger partial charge >= 0.3 is 4.87 Å². The molecule has 1 aromatic carbocycles. The van der Waals surface area contributed by atoms with Crippen LogP contribution in [-0.2, 0) is 12.8 Å². The lowest BCUT2D eigenvalue weighted by molar-refractivity contribution is 0.320. The van der Waals surface area contributed by atoms with E-state index in [1.165, 1.54) is 5.56 Å². The summed E-state index contributed by atoms with van der Waals surface area (Å²) in [5.41, 5.74) is 3.22. The lowest BCUT2D eigenvalue weighted by Gasteiger charge is -2.08. The second kappa shape index (κ2) is 7.31. The monoisotopic (exact) mass is 342 g/mol. The van der Waals surface area contributed by atoms with Gasteiger partial charge in [0.1, 0.15) is 5.75 Å². The molecule has 0 unspecified atom stereocenters. The first-order valence-corrected chi connectivity index (χ1v) is 8.46. The number of hydrogen-bond donors (Lipinski definition) is 2. The number of aryl methyl sites for hydroxylation is 1. The Hall–Kier alpha value is -2.60. The second-order valence-electron chi connectivity index (χ2n) is 5.47. The first-order valence-electron chi connectivity index (χ1n) is 7.65. The Morgan fingerprint density at radius 3 is 2.71 bits per heavy atom. The highest BCUT2D eigenvalue weighted by molar-refractivity contribution is 7.09. The second-order valence-corrected chi connectivity index (χ2v) is 6.54. The summed E-state index contributed by atoms with van der Waals surface area (Å²) in [4.78, 5) is 18.3. The van der Waals surface area contributed by atoms with E-state index in [2.05, 4.69) is 9.97 Å². The molecule has 0 aliphatic carbocycles. The van der Waals surface area contributed by atoms with E-state index in [-0.39, 0.29) is 10.8 Å². The van der Waals surface area contributed by atoms with Crippen LogP contribution in [0.4, 0.5) is 0 Å². The van der Waals surface area contributed by atoms with Crippen LogP contribution in [0.2, 0.25) is 0 Å². The molecule has 5 nitrogen and oxygen atoms in total. The summed E-state index contributed by atoms with van der Waals surface area (Å²) >= 11 is 1.03. The molecule has 0 atom stereocenters. The molecule has 0 saturated heterocycles. The Kier molecular flexibility index (Phi) is 4.96. The molecule has 2 aromatic heterocycles. The number of aromatic hydroxyl groups is 1. The Morgan fingerprint density at radius 2 is 2.04 bits per heavy atom. The summed E-state index contributed by atoms with van der Waals surface area (Å²) in [5, 5.41) is 9.62. The van der Waals surface area contributed by atoms with Crippen LogP contribution in [-0.4, -0.2) is 21.7 Å². The minimum Gasteiger partial charge on any atom is -0.494 e. The number of hydrogen-bond acceptors (Lipinski definition) is 5. The molecule has 0 amide bonds. The fourth-order valence-electron chi connectivity index (χ4n) is 2.41. The molecule has 0 radical (unpaired) electrons. The van der Waals surface area contributed by atoms with Crippen LogP contribution in [0.1, 0.15) is 21.7 Å². The predicted molar refractivity (Wildman–Crippen MR) is 94.0 cm³/mol. The number of nitrogens with one attached hydrogen (secondary N) is 1. The Balaban J connectivity index is 1.56. The van der Waals surface area contributed by atoms with Crippen LogP contribution in [0, 0.1) is 6.92 Å². The Bertz CT molecular complexity index is 868. The zero-order valence-corrected chi connectivity index (χ0v) is 14.1. The topological polar surface area (TPSA) is 75.2 Å². The van der Waals surface area contributed by atoms with Gasteiger partial charge in [-0.2, -0.15) is 0 Å². The SMILES string of the molecule is Cc1cccnc1CCOc1ccc(Cc2sc(=O)[nH]c2O)cc1. The van der Waals surface area contributed by atoms with Crippen molar-refractivity contribution in [2.75, 3.05) is 6.61 Å². The highest BCUT2D eigenvalue weighted by atomic mass is 32.1. The molecule has 0 bridgehead atoms. The molecule has 0 aliphatic heterocycles. The fourth-order valence-corrected chi connectivity index (χ4v) is 3.16. The maximum atomic E-state index is 11.2. The molecule has 3 rings (SSSR count). The zero-order chi connectivity index (χ0) is 16.9. The first-order chi connectivity index (χ1) is 11.6.